The first-order valence-corrected chi connectivity index (χ1v) is 7.39. The lowest BCUT2D eigenvalue weighted by molar-refractivity contribution is 0.0635. The summed E-state index contributed by atoms with van der Waals surface area (Å²) < 4.78 is 32.8. The average molecular weight is 312 g/mol. The Balaban J connectivity index is 2.27. The van der Waals surface area contributed by atoms with Crippen LogP contribution in [-0.4, -0.2) is 11.7 Å². The van der Waals surface area contributed by atoms with E-state index in [0.717, 1.165) is 18.9 Å². The van der Waals surface area contributed by atoms with Gasteiger partial charge in [0.25, 0.3) is 0 Å². The Morgan fingerprint density at radius 3 is 2.41 bits per heavy atom. The van der Waals surface area contributed by atoms with Crippen LogP contribution in [0.4, 0.5) is 19.3 Å². The van der Waals surface area contributed by atoms with E-state index < -0.39 is 28.9 Å². The zero-order chi connectivity index (χ0) is 16.5. The van der Waals surface area contributed by atoms with Crippen molar-refractivity contribution in [2.24, 2.45) is 5.73 Å². The average Bonchev–Trinajstić information content (AvgIpc) is 2.80. The quantitative estimate of drug-likeness (QED) is 0.866. The van der Waals surface area contributed by atoms with Gasteiger partial charge < -0.3 is 10.5 Å². The van der Waals surface area contributed by atoms with Gasteiger partial charge in [0.2, 0.25) is 0 Å². The van der Waals surface area contributed by atoms with E-state index in [1.54, 1.807) is 20.8 Å². The number of amides is 1. The van der Waals surface area contributed by atoms with Crippen molar-refractivity contribution in [1.29, 1.82) is 0 Å². The summed E-state index contributed by atoms with van der Waals surface area (Å²) >= 11 is 0. The Labute approximate surface area is 129 Å². The van der Waals surface area contributed by atoms with Crippen LogP contribution >= 0.6 is 0 Å². The van der Waals surface area contributed by atoms with Crippen LogP contribution in [0.15, 0.2) is 12.1 Å². The molecule has 2 rings (SSSR count). The van der Waals surface area contributed by atoms with Crippen LogP contribution in [0.3, 0.4) is 0 Å². The Bertz CT molecular complexity index is 576. The van der Waals surface area contributed by atoms with Gasteiger partial charge in [-0.05, 0) is 51.3 Å². The van der Waals surface area contributed by atoms with Crippen molar-refractivity contribution in [3.63, 3.8) is 0 Å². The van der Waals surface area contributed by atoms with Gasteiger partial charge in [-0.2, -0.15) is 0 Å². The molecule has 0 saturated heterocycles. The lowest BCUT2D eigenvalue weighted by atomic mass is 9.89. The van der Waals surface area contributed by atoms with Crippen LogP contribution in [0.25, 0.3) is 0 Å². The second-order valence-electron chi connectivity index (χ2n) is 6.81. The van der Waals surface area contributed by atoms with Crippen molar-refractivity contribution in [2.45, 2.75) is 57.6 Å². The number of rotatable bonds is 2. The Morgan fingerprint density at radius 1 is 1.27 bits per heavy atom. The fourth-order valence-electron chi connectivity index (χ4n) is 2.68. The Morgan fingerprint density at radius 2 is 1.86 bits per heavy atom. The number of carbonyl (C=O) groups excluding carboxylic acids is 1. The largest absolute Gasteiger partial charge is 0.444 e. The van der Waals surface area contributed by atoms with E-state index in [1.165, 1.54) is 6.07 Å². The van der Waals surface area contributed by atoms with E-state index in [4.69, 9.17) is 10.5 Å². The molecule has 0 unspecified atom stereocenters. The molecule has 3 N–H and O–H groups in total. The van der Waals surface area contributed by atoms with E-state index in [9.17, 15) is 13.6 Å². The summed E-state index contributed by atoms with van der Waals surface area (Å²) in [6.45, 7) is 5.06. The van der Waals surface area contributed by atoms with E-state index in [0.29, 0.717) is 18.4 Å². The molecule has 1 fully saturated rings. The monoisotopic (exact) mass is 312 g/mol. The standard InChI is InChI=1S/C16H22F2N2O2/c1-15(2,3)22-14(21)20-12-9-10(8-11(17)13(12)18)16(19)6-4-5-7-16/h8-9H,4-7,19H2,1-3H3,(H,20,21). The van der Waals surface area contributed by atoms with Gasteiger partial charge in [-0.15, -0.1) is 0 Å². The minimum absolute atomic E-state index is 0.249. The minimum atomic E-state index is -1.11. The number of ether oxygens (including phenoxy) is 1. The fourth-order valence-corrected chi connectivity index (χ4v) is 2.68. The molecule has 0 radical (unpaired) electrons. The van der Waals surface area contributed by atoms with Crippen LogP contribution in [0.2, 0.25) is 0 Å². The molecule has 4 nitrogen and oxygen atoms in total. The summed E-state index contributed by atoms with van der Waals surface area (Å²) in [4.78, 5) is 11.8. The molecule has 0 spiro atoms. The summed E-state index contributed by atoms with van der Waals surface area (Å²) in [5, 5.41) is 2.26. The highest BCUT2D eigenvalue weighted by atomic mass is 19.2. The topological polar surface area (TPSA) is 64.3 Å². The number of carbonyl (C=O) groups is 1. The van der Waals surface area contributed by atoms with Crippen LogP contribution in [0, 0.1) is 11.6 Å². The number of hydrogen-bond acceptors (Lipinski definition) is 3. The predicted octanol–water partition coefficient (Wildman–Crippen LogP) is 4.04. The molecule has 22 heavy (non-hydrogen) atoms. The zero-order valence-electron chi connectivity index (χ0n) is 13.1. The number of hydrogen-bond donors (Lipinski definition) is 2. The van der Waals surface area contributed by atoms with Crippen molar-refractivity contribution < 1.29 is 18.3 Å². The third kappa shape index (κ3) is 3.74. The molecule has 1 saturated carbocycles. The van der Waals surface area contributed by atoms with E-state index in [-0.39, 0.29) is 5.69 Å². The first-order chi connectivity index (χ1) is 10.1. The van der Waals surface area contributed by atoms with Gasteiger partial charge in [-0.25, -0.2) is 13.6 Å². The lowest BCUT2D eigenvalue weighted by Gasteiger charge is -2.25. The molecule has 122 valence electrons. The molecule has 0 bridgehead atoms. The highest BCUT2D eigenvalue weighted by Gasteiger charge is 2.33. The van der Waals surface area contributed by atoms with Crippen molar-refractivity contribution in [2.75, 3.05) is 5.32 Å². The van der Waals surface area contributed by atoms with Crippen molar-refractivity contribution in [3.05, 3.63) is 29.3 Å². The highest BCUT2D eigenvalue weighted by Crippen LogP contribution is 2.38. The van der Waals surface area contributed by atoms with E-state index in [1.807, 2.05) is 0 Å². The van der Waals surface area contributed by atoms with Gasteiger partial charge in [-0.3, -0.25) is 5.32 Å². The van der Waals surface area contributed by atoms with Crippen molar-refractivity contribution in [3.8, 4) is 0 Å². The molecule has 1 amide bonds. The molecule has 0 heterocycles. The normalized spacial score (nSPS) is 17.4. The SMILES string of the molecule is CC(C)(C)OC(=O)Nc1cc(C2(N)CCCC2)cc(F)c1F. The van der Waals surface area contributed by atoms with Gasteiger partial charge in [0, 0.05) is 5.54 Å². The smallest absolute Gasteiger partial charge is 0.412 e. The lowest BCUT2D eigenvalue weighted by Crippen LogP contribution is -2.33. The summed E-state index contributed by atoms with van der Waals surface area (Å²) in [5.74, 6) is -2.14. The molecule has 0 atom stereocenters. The van der Waals surface area contributed by atoms with Crippen LogP contribution in [0.5, 0.6) is 0 Å². The number of nitrogens with two attached hydrogens (primary N) is 1. The van der Waals surface area contributed by atoms with E-state index in [2.05, 4.69) is 5.32 Å². The molecule has 0 aliphatic heterocycles. The third-order valence-corrected chi connectivity index (χ3v) is 3.73. The number of benzene rings is 1. The third-order valence-electron chi connectivity index (χ3n) is 3.73. The molecule has 0 aromatic heterocycles. The second-order valence-corrected chi connectivity index (χ2v) is 6.81. The maximum atomic E-state index is 13.9. The van der Waals surface area contributed by atoms with Gasteiger partial charge >= 0.3 is 6.09 Å². The maximum Gasteiger partial charge on any atom is 0.412 e. The van der Waals surface area contributed by atoms with Gasteiger partial charge in [-0.1, -0.05) is 12.8 Å². The van der Waals surface area contributed by atoms with Crippen molar-refractivity contribution >= 4 is 11.8 Å². The summed E-state index contributed by atoms with van der Waals surface area (Å²) in [6, 6.07) is 2.51. The summed E-state index contributed by atoms with van der Waals surface area (Å²) in [6.07, 6.45) is 2.49. The molecule has 1 aliphatic carbocycles. The first kappa shape index (κ1) is 16.7. The maximum absolute atomic E-state index is 13.9. The highest BCUT2D eigenvalue weighted by molar-refractivity contribution is 5.85. The van der Waals surface area contributed by atoms with Gasteiger partial charge in [0.15, 0.2) is 11.6 Å². The second kappa shape index (κ2) is 5.83. The molecular formula is C16H22F2N2O2. The molecule has 6 heteroatoms. The van der Waals surface area contributed by atoms with Gasteiger partial charge in [0.05, 0.1) is 5.69 Å². The Hall–Kier alpha value is -1.69. The summed E-state index contributed by atoms with van der Waals surface area (Å²) in [7, 11) is 0. The van der Waals surface area contributed by atoms with Crippen LogP contribution in [0.1, 0.15) is 52.0 Å². The molecule has 1 aliphatic rings. The number of anilines is 1. The number of halogens is 2. The first-order valence-electron chi connectivity index (χ1n) is 7.39. The molecule has 1 aromatic rings. The minimum Gasteiger partial charge on any atom is -0.444 e. The van der Waals surface area contributed by atoms with E-state index >= 15 is 0 Å². The fraction of sp³-hybridized carbons (Fsp3) is 0.562. The predicted molar refractivity (Wildman–Crippen MR) is 80.5 cm³/mol. The Kier molecular flexibility index (Phi) is 4.42. The summed E-state index contributed by atoms with van der Waals surface area (Å²) in [5.41, 5.74) is 5.12. The molecular weight excluding hydrogens is 290 g/mol. The van der Waals surface area contributed by atoms with Crippen LogP contribution in [-0.2, 0) is 10.3 Å². The van der Waals surface area contributed by atoms with Crippen molar-refractivity contribution in [1.82, 2.24) is 0 Å². The zero-order valence-corrected chi connectivity index (χ0v) is 13.1. The molecule has 1 aromatic carbocycles. The van der Waals surface area contributed by atoms with Gasteiger partial charge in [0.1, 0.15) is 5.60 Å². The van der Waals surface area contributed by atoms with Crippen LogP contribution < -0.4 is 11.1 Å². The number of nitrogens with one attached hydrogen (secondary N) is 1.